The second-order valence-electron chi connectivity index (χ2n) is 6.37. The minimum Gasteiger partial charge on any atom is -0.419 e. The number of rotatable bonds is 5. The fourth-order valence-corrected chi connectivity index (χ4v) is 4.24. The van der Waals surface area contributed by atoms with Gasteiger partial charge in [0.15, 0.2) is 0 Å². The summed E-state index contributed by atoms with van der Waals surface area (Å²) in [6, 6.07) is 4.16. The first-order valence-corrected chi connectivity index (χ1v) is 9.04. The van der Waals surface area contributed by atoms with Gasteiger partial charge < -0.3 is 8.94 Å². The normalized spacial score (nSPS) is 14.3. The summed E-state index contributed by atoms with van der Waals surface area (Å²) in [7, 11) is 2.00. The molecule has 0 atom stereocenters. The van der Waals surface area contributed by atoms with Gasteiger partial charge in [-0.15, -0.1) is 21.5 Å². The van der Waals surface area contributed by atoms with Gasteiger partial charge in [0.25, 0.3) is 5.89 Å². The molecule has 0 N–H and O–H groups in total. The van der Waals surface area contributed by atoms with Gasteiger partial charge in [-0.3, -0.25) is 4.90 Å². The average molecular weight is 344 g/mol. The molecule has 0 spiro atoms. The molecule has 3 aromatic heterocycles. The van der Waals surface area contributed by atoms with Gasteiger partial charge in [0.05, 0.1) is 17.1 Å². The van der Waals surface area contributed by atoms with Crippen LogP contribution in [0.1, 0.15) is 40.6 Å². The second-order valence-corrected chi connectivity index (χ2v) is 7.51. The molecule has 0 radical (unpaired) electrons. The fourth-order valence-electron chi connectivity index (χ4n) is 3.07. The SMILES string of the molecule is Cc1cc(CN(C)Cc2nnc(-c3cc4c(s3)CCCC4)o2)no1. The van der Waals surface area contributed by atoms with E-state index in [1.807, 2.05) is 20.0 Å². The van der Waals surface area contributed by atoms with Crippen LogP contribution in [0.25, 0.3) is 10.8 Å². The van der Waals surface area contributed by atoms with Crippen molar-refractivity contribution in [1.82, 2.24) is 20.3 Å². The summed E-state index contributed by atoms with van der Waals surface area (Å²) >= 11 is 1.79. The molecule has 0 fully saturated rings. The Bertz CT molecular complexity index is 812. The summed E-state index contributed by atoms with van der Waals surface area (Å²) in [5.41, 5.74) is 2.36. The van der Waals surface area contributed by atoms with Gasteiger partial charge in [0.1, 0.15) is 5.76 Å². The summed E-state index contributed by atoms with van der Waals surface area (Å²) in [4.78, 5) is 4.65. The van der Waals surface area contributed by atoms with Crippen molar-refractivity contribution >= 4 is 11.3 Å². The van der Waals surface area contributed by atoms with Crippen molar-refractivity contribution in [3.63, 3.8) is 0 Å². The molecule has 0 saturated heterocycles. The van der Waals surface area contributed by atoms with Gasteiger partial charge in [0.2, 0.25) is 5.89 Å². The maximum atomic E-state index is 5.86. The Morgan fingerprint density at radius 2 is 2.04 bits per heavy atom. The van der Waals surface area contributed by atoms with E-state index in [4.69, 9.17) is 8.94 Å². The monoisotopic (exact) mass is 344 g/mol. The van der Waals surface area contributed by atoms with E-state index in [9.17, 15) is 0 Å². The highest BCUT2D eigenvalue weighted by atomic mass is 32.1. The Hall–Kier alpha value is -1.99. The van der Waals surface area contributed by atoms with Gasteiger partial charge in [-0.25, -0.2) is 0 Å². The molecule has 0 amide bonds. The zero-order valence-electron chi connectivity index (χ0n) is 13.9. The molecule has 3 heterocycles. The Labute approximate surface area is 144 Å². The highest BCUT2D eigenvalue weighted by Gasteiger charge is 2.18. The molecular formula is C17H20N4O2S. The second kappa shape index (κ2) is 6.49. The third kappa shape index (κ3) is 3.27. The highest BCUT2D eigenvalue weighted by Crippen LogP contribution is 2.35. The summed E-state index contributed by atoms with van der Waals surface area (Å²) in [5.74, 6) is 2.08. The number of aromatic nitrogens is 3. The zero-order valence-corrected chi connectivity index (χ0v) is 14.7. The first-order chi connectivity index (χ1) is 11.7. The standard InChI is InChI=1S/C17H20N4O2S/c1-11-7-13(20-23-11)9-21(2)10-16-18-19-17(22-16)15-8-12-5-3-4-6-14(12)24-15/h7-8H,3-6,9-10H2,1-2H3. The minimum absolute atomic E-state index is 0.587. The quantitative estimate of drug-likeness (QED) is 0.704. The number of thiophene rings is 1. The number of fused-ring (bicyclic) bond motifs is 1. The van der Waals surface area contributed by atoms with Crippen LogP contribution in [0.3, 0.4) is 0 Å². The Balaban J connectivity index is 1.43. The predicted molar refractivity (Wildman–Crippen MR) is 90.7 cm³/mol. The number of aryl methyl sites for hydroxylation is 3. The van der Waals surface area contributed by atoms with E-state index in [0.29, 0.717) is 24.9 Å². The van der Waals surface area contributed by atoms with Crippen molar-refractivity contribution in [3.05, 3.63) is 39.9 Å². The third-order valence-corrected chi connectivity index (χ3v) is 5.41. The van der Waals surface area contributed by atoms with Crippen LogP contribution in [0.15, 0.2) is 21.1 Å². The largest absolute Gasteiger partial charge is 0.419 e. The summed E-state index contributed by atoms with van der Waals surface area (Å²) in [5, 5.41) is 12.4. The summed E-state index contributed by atoms with van der Waals surface area (Å²) < 4.78 is 11.0. The molecule has 0 aromatic carbocycles. The number of hydrogen-bond acceptors (Lipinski definition) is 7. The van der Waals surface area contributed by atoms with Gasteiger partial charge in [-0.2, -0.15) is 0 Å². The maximum absolute atomic E-state index is 5.86. The van der Waals surface area contributed by atoms with Crippen molar-refractivity contribution in [2.75, 3.05) is 7.05 Å². The molecule has 0 aliphatic heterocycles. The fraction of sp³-hybridized carbons (Fsp3) is 0.471. The molecule has 1 aliphatic rings. The summed E-state index contributed by atoms with van der Waals surface area (Å²) in [6.07, 6.45) is 4.92. The van der Waals surface area contributed by atoms with Gasteiger partial charge in [-0.05, 0) is 51.3 Å². The van der Waals surface area contributed by atoms with Crippen LogP contribution in [-0.4, -0.2) is 27.3 Å². The molecule has 0 unspecified atom stereocenters. The van der Waals surface area contributed by atoms with E-state index >= 15 is 0 Å². The first-order valence-electron chi connectivity index (χ1n) is 8.22. The average Bonchev–Trinajstić information content (AvgIpc) is 3.26. The Kier molecular flexibility index (Phi) is 4.20. The van der Waals surface area contributed by atoms with Crippen LogP contribution in [0.4, 0.5) is 0 Å². The van der Waals surface area contributed by atoms with Crippen molar-refractivity contribution in [1.29, 1.82) is 0 Å². The van der Waals surface area contributed by atoms with E-state index in [1.54, 1.807) is 11.3 Å². The van der Waals surface area contributed by atoms with Crippen LogP contribution < -0.4 is 0 Å². The Morgan fingerprint density at radius 3 is 2.83 bits per heavy atom. The molecule has 0 saturated carbocycles. The lowest BCUT2D eigenvalue weighted by Crippen LogP contribution is -2.17. The van der Waals surface area contributed by atoms with Crippen LogP contribution in [0.5, 0.6) is 0 Å². The van der Waals surface area contributed by atoms with E-state index < -0.39 is 0 Å². The zero-order chi connectivity index (χ0) is 16.5. The molecule has 1 aliphatic carbocycles. The maximum Gasteiger partial charge on any atom is 0.257 e. The lowest BCUT2D eigenvalue weighted by Gasteiger charge is -2.11. The topological polar surface area (TPSA) is 68.2 Å². The number of nitrogens with zero attached hydrogens (tertiary/aromatic N) is 4. The molecular weight excluding hydrogens is 324 g/mol. The van der Waals surface area contributed by atoms with E-state index in [0.717, 1.165) is 16.3 Å². The van der Waals surface area contributed by atoms with Gasteiger partial charge in [0, 0.05) is 17.5 Å². The third-order valence-electron chi connectivity index (χ3n) is 4.19. The van der Waals surface area contributed by atoms with Crippen LogP contribution >= 0.6 is 11.3 Å². The molecule has 3 aromatic rings. The molecule has 126 valence electrons. The van der Waals surface area contributed by atoms with Crippen molar-refractivity contribution < 1.29 is 8.94 Å². The molecule has 24 heavy (non-hydrogen) atoms. The van der Waals surface area contributed by atoms with Crippen molar-refractivity contribution in [2.24, 2.45) is 0 Å². The molecule has 7 heteroatoms. The Morgan fingerprint density at radius 1 is 1.17 bits per heavy atom. The van der Waals surface area contributed by atoms with E-state index in [-0.39, 0.29) is 0 Å². The molecule has 0 bridgehead atoms. The minimum atomic E-state index is 0.587. The summed E-state index contributed by atoms with van der Waals surface area (Å²) in [6.45, 7) is 3.16. The molecule has 6 nitrogen and oxygen atoms in total. The lowest BCUT2D eigenvalue weighted by atomic mass is 9.99. The van der Waals surface area contributed by atoms with Crippen molar-refractivity contribution in [3.8, 4) is 10.8 Å². The number of hydrogen-bond donors (Lipinski definition) is 0. The lowest BCUT2D eigenvalue weighted by molar-refractivity contribution is 0.272. The van der Waals surface area contributed by atoms with Gasteiger partial charge in [-0.1, -0.05) is 5.16 Å². The van der Waals surface area contributed by atoms with E-state index in [1.165, 1.54) is 36.1 Å². The van der Waals surface area contributed by atoms with Crippen molar-refractivity contribution in [2.45, 2.75) is 45.7 Å². The highest BCUT2D eigenvalue weighted by molar-refractivity contribution is 7.15. The van der Waals surface area contributed by atoms with Gasteiger partial charge >= 0.3 is 0 Å². The molecule has 4 rings (SSSR count). The first kappa shape index (κ1) is 15.5. The van der Waals surface area contributed by atoms with Crippen LogP contribution in [0.2, 0.25) is 0 Å². The van der Waals surface area contributed by atoms with E-state index in [2.05, 4.69) is 26.3 Å². The van der Waals surface area contributed by atoms with Crippen LogP contribution in [0, 0.1) is 6.92 Å². The predicted octanol–water partition coefficient (Wildman–Crippen LogP) is 3.61. The van der Waals surface area contributed by atoms with Crippen LogP contribution in [-0.2, 0) is 25.9 Å². The smallest absolute Gasteiger partial charge is 0.257 e.